The zero-order chi connectivity index (χ0) is 4.28. The maximum absolute atomic E-state index is 9.48. The molecule has 24 valence electrons. The maximum Gasteiger partial charge on any atom is 0.119 e. The molecule has 0 aliphatic rings. The molecule has 0 fully saturated rings. The van der Waals surface area contributed by atoms with E-state index in [4.69, 9.17) is 1.37 Å². The van der Waals surface area contributed by atoms with Crippen molar-refractivity contribution in [3.05, 3.63) is 0 Å². The minimum absolute atomic E-state index is 0.333. The molecule has 0 N–H and O–H groups in total. The molecular weight excluding hydrogens is 52.0 g/mol. The fourth-order valence-corrected chi connectivity index (χ4v) is 0. The Bertz CT molecular complexity index is 42.2. The molecule has 0 radical (unpaired) electrons. The van der Waals surface area contributed by atoms with Gasteiger partial charge in [-0.15, -0.1) is 0 Å². The molecule has 0 saturated heterocycles. The summed E-state index contributed by atoms with van der Waals surface area (Å²) in [6.07, 6.45) is -0.162. The van der Waals surface area contributed by atoms with Crippen molar-refractivity contribution in [1.29, 1.82) is 0 Å². The molecule has 4 heavy (non-hydrogen) atoms. The lowest BCUT2D eigenvalue weighted by molar-refractivity contribution is -0.107. The average molecular weight is 60.1 g/mol. The SMILES string of the molecule is [3H]C(=O)CC. The lowest BCUT2D eigenvalue weighted by atomic mass is 10.6. The highest BCUT2D eigenvalue weighted by atomic mass is 16.1. The fraction of sp³-hybridized carbons (Fsp3) is 0.667. The second-order valence-corrected chi connectivity index (χ2v) is 0.498. The first kappa shape index (κ1) is 1.94. The van der Waals surface area contributed by atoms with Gasteiger partial charge in [0.05, 0.1) is 0 Å². The Hall–Kier alpha value is -0.330. The smallest absolute Gasteiger partial charge is 0.119 e. The summed E-state index contributed by atoms with van der Waals surface area (Å²) in [6, 6.07) is 0. The molecule has 1 heteroatoms. The monoisotopic (exact) mass is 60.1 g/mol. The predicted molar refractivity (Wildman–Crippen MR) is 16.4 cm³/mol. The number of aldehydes is 1. The van der Waals surface area contributed by atoms with Crippen molar-refractivity contribution in [3.8, 4) is 0 Å². The van der Waals surface area contributed by atoms with Crippen molar-refractivity contribution in [1.82, 2.24) is 0 Å². The highest BCUT2D eigenvalue weighted by Crippen LogP contribution is 1.53. The Balaban J connectivity index is 2.85. The van der Waals surface area contributed by atoms with E-state index in [-0.39, 0.29) is 0 Å². The molecule has 0 aromatic heterocycles. The van der Waals surface area contributed by atoms with Crippen LogP contribution in [0.4, 0.5) is 0 Å². The first-order chi connectivity index (χ1) is 2.27. The number of rotatable bonds is 1. The normalized spacial score (nSPS) is 9.75. The molecule has 0 aliphatic carbocycles. The maximum atomic E-state index is 9.48. The van der Waals surface area contributed by atoms with Crippen LogP contribution in [-0.4, -0.2) is 6.26 Å². The third-order valence-corrected chi connectivity index (χ3v) is 0.144. The van der Waals surface area contributed by atoms with Gasteiger partial charge in [-0.05, 0) is 0 Å². The lowest BCUT2D eigenvalue weighted by Gasteiger charge is -1.51. The van der Waals surface area contributed by atoms with Gasteiger partial charge < -0.3 is 4.79 Å². The molecule has 0 amide bonds. The molecule has 0 bridgehead atoms. The molecule has 0 aromatic carbocycles. The first-order valence-electron chi connectivity index (χ1n) is 1.76. The second kappa shape index (κ2) is 2.67. The fourth-order valence-electron chi connectivity index (χ4n) is 0. The van der Waals surface area contributed by atoms with Crippen molar-refractivity contribution in [2.75, 3.05) is 0 Å². The number of carbonyl (C=O) groups excluding carboxylic acids is 1. The van der Waals surface area contributed by atoms with Crippen LogP contribution in [0.25, 0.3) is 0 Å². The Morgan fingerprint density at radius 3 is 2.75 bits per heavy atom. The van der Waals surface area contributed by atoms with E-state index in [0.717, 1.165) is 0 Å². The summed E-state index contributed by atoms with van der Waals surface area (Å²) < 4.78 is 6.19. The van der Waals surface area contributed by atoms with Crippen LogP contribution in [0, 0.1) is 0 Å². The molecule has 0 aliphatic heterocycles. The van der Waals surface area contributed by atoms with Crippen molar-refractivity contribution in [3.63, 3.8) is 0 Å². The van der Waals surface area contributed by atoms with Crippen LogP contribution in [-0.2, 0) is 4.79 Å². The molecule has 1 nitrogen and oxygen atoms in total. The minimum atomic E-state index is -0.495. The third kappa shape index (κ3) is 1.67. The van der Waals surface area contributed by atoms with E-state index in [9.17, 15) is 4.79 Å². The van der Waals surface area contributed by atoms with E-state index in [1.807, 2.05) is 0 Å². The van der Waals surface area contributed by atoms with Gasteiger partial charge in [-0.3, -0.25) is 0 Å². The quantitative estimate of drug-likeness (QED) is 0.405. The Morgan fingerprint density at radius 2 is 2.75 bits per heavy atom. The van der Waals surface area contributed by atoms with E-state index in [0.29, 0.717) is 6.42 Å². The molecule has 0 rings (SSSR count). The molecule has 0 heterocycles. The molecule has 0 unspecified atom stereocenters. The highest BCUT2D eigenvalue weighted by molar-refractivity contribution is 5.48. The largest absolute Gasteiger partial charge is 0.303 e. The summed E-state index contributed by atoms with van der Waals surface area (Å²) in [5, 5.41) is 0. The lowest BCUT2D eigenvalue weighted by Crippen LogP contribution is -1.55. The molecular formula is C3H6O. The van der Waals surface area contributed by atoms with Crippen molar-refractivity contribution in [2.45, 2.75) is 13.3 Å². The summed E-state index contributed by atoms with van der Waals surface area (Å²) in [4.78, 5) is 9.48. The van der Waals surface area contributed by atoms with E-state index in [1.54, 1.807) is 6.92 Å². The summed E-state index contributed by atoms with van der Waals surface area (Å²) in [7, 11) is 0. The van der Waals surface area contributed by atoms with Crippen LogP contribution in [0.15, 0.2) is 0 Å². The average Bonchev–Trinajstić information content (AvgIpc) is 1.38. The van der Waals surface area contributed by atoms with Crippen molar-refractivity contribution in [2.24, 2.45) is 0 Å². The minimum Gasteiger partial charge on any atom is -0.303 e. The zero-order valence-electron chi connectivity index (χ0n) is 3.62. The standard InChI is InChI=1S/C3H6O/c1-2-3-4/h3H,2H2,1H3/i3T. The first-order valence-corrected chi connectivity index (χ1v) is 1.26. The van der Waals surface area contributed by atoms with E-state index < -0.39 is 6.26 Å². The van der Waals surface area contributed by atoms with Crippen LogP contribution >= 0.6 is 0 Å². The van der Waals surface area contributed by atoms with Gasteiger partial charge in [0.1, 0.15) is 7.63 Å². The van der Waals surface area contributed by atoms with Gasteiger partial charge in [0, 0.05) is 6.42 Å². The topological polar surface area (TPSA) is 17.1 Å². The Morgan fingerprint density at radius 1 is 2.50 bits per heavy atom. The van der Waals surface area contributed by atoms with E-state index >= 15 is 0 Å². The molecule has 0 aromatic rings. The number of carbonyl (C=O) groups is 1. The van der Waals surface area contributed by atoms with Crippen molar-refractivity contribution >= 4 is 6.26 Å². The highest BCUT2D eigenvalue weighted by Gasteiger charge is 1.52. The van der Waals surface area contributed by atoms with Crippen LogP contribution in [0.5, 0.6) is 0 Å². The summed E-state index contributed by atoms with van der Waals surface area (Å²) in [6.45, 7) is 1.66. The zero-order valence-corrected chi connectivity index (χ0v) is 2.62. The molecule has 0 saturated carbocycles. The van der Waals surface area contributed by atoms with E-state index in [2.05, 4.69) is 0 Å². The number of hydrogen-bond donors (Lipinski definition) is 0. The molecule has 0 spiro atoms. The van der Waals surface area contributed by atoms with Crippen molar-refractivity contribution < 1.29 is 6.17 Å². The van der Waals surface area contributed by atoms with E-state index in [1.165, 1.54) is 0 Å². The summed E-state index contributed by atoms with van der Waals surface area (Å²) in [5.41, 5.74) is 0. The number of hydrogen-bond acceptors (Lipinski definition) is 1. The van der Waals surface area contributed by atoms with Crippen LogP contribution < -0.4 is 0 Å². The van der Waals surface area contributed by atoms with Crippen LogP contribution in [0.1, 0.15) is 14.7 Å². The molecule has 0 atom stereocenters. The van der Waals surface area contributed by atoms with Gasteiger partial charge in [0.15, 0.2) is 0 Å². The summed E-state index contributed by atoms with van der Waals surface area (Å²) in [5.74, 6) is 0. The third-order valence-electron chi connectivity index (χ3n) is 0.144. The van der Waals surface area contributed by atoms with Gasteiger partial charge in [-0.2, -0.15) is 0 Å². The van der Waals surface area contributed by atoms with Gasteiger partial charge in [-0.25, -0.2) is 0 Å². The Labute approximate surface area is 27.0 Å². The summed E-state index contributed by atoms with van der Waals surface area (Å²) >= 11 is 0. The van der Waals surface area contributed by atoms with Crippen LogP contribution in [0.3, 0.4) is 0 Å². The second-order valence-electron chi connectivity index (χ2n) is 0.498. The van der Waals surface area contributed by atoms with Gasteiger partial charge >= 0.3 is 0 Å². The predicted octanol–water partition coefficient (Wildman–Crippen LogP) is 0.595. The van der Waals surface area contributed by atoms with Crippen LogP contribution in [0.2, 0.25) is 0 Å². The van der Waals surface area contributed by atoms with Gasteiger partial charge in [0.25, 0.3) is 0 Å². The van der Waals surface area contributed by atoms with Gasteiger partial charge in [-0.1, -0.05) is 6.92 Å². The Kier molecular flexibility index (Phi) is 1.30. The van der Waals surface area contributed by atoms with Gasteiger partial charge in [0.2, 0.25) is 0 Å².